The summed E-state index contributed by atoms with van der Waals surface area (Å²) in [6.07, 6.45) is 0.0221. The second kappa shape index (κ2) is 9.73. The molecule has 2 aromatic rings. The average molecular weight is 415 g/mol. The molecule has 30 heavy (non-hydrogen) atoms. The smallest absolute Gasteiger partial charge is 0.276 e. The highest BCUT2D eigenvalue weighted by atomic mass is 19.1. The van der Waals surface area contributed by atoms with E-state index < -0.39 is 23.5 Å². The lowest BCUT2D eigenvalue weighted by Gasteiger charge is -2.20. The van der Waals surface area contributed by atoms with Crippen molar-refractivity contribution in [2.24, 2.45) is 5.92 Å². The Labute approximate surface area is 172 Å². The van der Waals surface area contributed by atoms with Crippen molar-refractivity contribution in [3.8, 4) is 11.5 Å². The standard InChI is InChI=1S/C21H22FN3O5/c1-2-29-18-6-4-3-5-17(18)25-12-14(11-20(25)27)21(28)24-23-19(26)13-30-16-9-7-15(22)8-10-16/h3-10,14H,2,11-13H2,1H3,(H,23,26)(H,24,28)/t14-/m1/s1. The van der Waals surface area contributed by atoms with Crippen LogP contribution < -0.4 is 25.2 Å². The molecule has 1 saturated heterocycles. The highest BCUT2D eigenvalue weighted by Crippen LogP contribution is 2.33. The molecule has 1 atom stereocenters. The molecular weight excluding hydrogens is 393 g/mol. The number of benzene rings is 2. The summed E-state index contributed by atoms with van der Waals surface area (Å²) in [6, 6.07) is 12.3. The first-order chi connectivity index (χ1) is 14.5. The molecule has 9 heteroatoms. The van der Waals surface area contributed by atoms with Crippen LogP contribution in [0.2, 0.25) is 0 Å². The van der Waals surface area contributed by atoms with Gasteiger partial charge in [0.25, 0.3) is 5.91 Å². The van der Waals surface area contributed by atoms with E-state index in [4.69, 9.17) is 9.47 Å². The first-order valence-corrected chi connectivity index (χ1v) is 9.47. The van der Waals surface area contributed by atoms with Gasteiger partial charge in [0.2, 0.25) is 11.8 Å². The lowest BCUT2D eigenvalue weighted by molar-refractivity contribution is -0.132. The Morgan fingerprint density at radius 1 is 1.10 bits per heavy atom. The van der Waals surface area contributed by atoms with E-state index in [1.165, 1.54) is 29.2 Å². The van der Waals surface area contributed by atoms with Gasteiger partial charge >= 0.3 is 0 Å². The van der Waals surface area contributed by atoms with Crippen molar-refractivity contribution in [2.45, 2.75) is 13.3 Å². The normalized spacial score (nSPS) is 15.6. The molecule has 0 saturated carbocycles. The number of nitrogens with zero attached hydrogens (tertiary/aromatic N) is 1. The van der Waals surface area contributed by atoms with Crippen LogP contribution in [0.5, 0.6) is 11.5 Å². The van der Waals surface area contributed by atoms with Crippen LogP contribution in [0.3, 0.4) is 0 Å². The summed E-state index contributed by atoms with van der Waals surface area (Å²) in [7, 11) is 0. The van der Waals surface area contributed by atoms with Crippen LogP contribution in [0, 0.1) is 11.7 Å². The number of ether oxygens (including phenoxy) is 2. The number of amides is 3. The maximum absolute atomic E-state index is 12.9. The van der Waals surface area contributed by atoms with E-state index in [1.807, 2.05) is 13.0 Å². The van der Waals surface area contributed by atoms with Crippen LogP contribution in [0.1, 0.15) is 13.3 Å². The second-order valence-corrected chi connectivity index (χ2v) is 6.59. The predicted octanol–water partition coefficient (Wildman–Crippen LogP) is 1.80. The molecule has 0 bridgehead atoms. The van der Waals surface area contributed by atoms with Crippen LogP contribution >= 0.6 is 0 Å². The Morgan fingerprint density at radius 3 is 2.57 bits per heavy atom. The lowest BCUT2D eigenvalue weighted by atomic mass is 10.1. The third-order valence-corrected chi connectivity index (χ3v) is 4.46. The molecule has 3 rings (SSSR count). The molecule has 0 unspecified atom stereocenters. The minimum absolute atomic E-state index is 0.0221. The third kappa shape index (κ3) is 5.25. The first-order valence-electron chi connectivity index (χ1n) is 9.47. The van der Waals surface area contributed by atoms with Crippen molar-refractivity contribution in [3.05, 3.63) is 54.3 Å². The summed E-state index contributed by atoms with van der Waals surface area (Å²) < 4.78 is 23.6. The minimum atomic E-state index is -0.620. The van der Waals surface area contributed by atoms with Gasteiger partial charge in [0.15, 0.2) is 6.61 Å². The van der Waals surface area contributed by atoms with Crippen molar-refractivity contribution in [3.63, 3.8) is 0 Å². The molecular formula is C21H22FN3O5. The summed E-state index contributed by atoms with van der Waals surface area (Å²) in [6.45, 7) is 2.12. The van der Waals surface area contributed by atoms with Crippen molar-refractivity contribution in [2.75, 3.05) is 24.7 Å². The maximum Gasteiger partial charge on any atom is 0.276 e. The first kappa shape index (κ1) is 21.1. The van der Waals surface area contributed by atoms with E-state index in [-0.39, 0.29) is 25.5 Å². The van der Waals surface area contributed by atoms with Gasteiger partial charge in [-0.05, 0) is 43.3 Å². The zero-order valence-electron chi connectivity index (χ0n) is 16.4. The molecule has 0 radical (unpaired) electrons. The van der Waals surface area contributed by atoms with E-state index in [0.29, 0.717) is 23.8 Å². The summed E-state index contributed by atoms with van der Waals surface area (Å²) in [5.74, 6) is -1.41. The maximum atomic E-state index is 12.9. The van der Waals surface area contributed by atoms with Gasteiger partial charge < -0.3 is 14.4 Å². The monoisotopic (exact) mass is 415 g/mol. The van der Waals surface area contributed by atoms with Crippen LogP contribution in [0.15, 0.2) is 48.5 Å². The highest BCUT2D eigenvalue weighted by molar-refractivity contribution is 6.01. The molecule has 2 aromatic carbocycles. The summed E-state index contributed by atoms with van der Waals surface area (Å²) in [4.78, 5) is 38.2. The molecule has 2 N–H and O–H groups in total. The molecule has 158 valence electrons. The molecule has 0 aromatic heterocycles. The van der Waals surface area contributed by atoms with E-state index >= 15 is 0 Å². The van der Waals surface area contributed by atoms with Crippen LogP contribution in [0.25, 0.3) is 0 Å². The quantitative estimate of drug-likeness (QED) is 0.673. The minimum Gasteiger partial charge on any atom is -0.492 e. The van der Waals surface area contributed by atoms with Gasteiger partial charge in [-0.25, -0.2) is 4.39 Å². The lowest BCUT2D eigenvalue weighted by Crippen LogP contribution is -2.46. The van der Waals surface area contributed by atoms with E-state index in [2.05, 4.69) is 10.9 Å². The van der Waals surface area contributed by atoms with Gasteiger partial charge in [0.1, 0.15) is 17.3 Å². The topological polar surface area (TPSA) is 97.0 Å². The Bertz CT molecular complexity index is 919. The molecule has 0 spiro atoms. The van der Waals surface area contributed by atoms with Crippen LogP contribution in [-0.2, 0) is 14.4 Å². The van der Waals surface area contributed by atoms with Gasteiger partial charge in [-0.15, -0.1) is 0 Å². The molecule has 1 fully saturated rings. The molecule has 1 aliphatic rings. The number of nitrogens with one attached hydrogen (secondary N) is 2. The number of carbonyl (C=O) groups is 3. The molecule has 0 aliphatic carbocycles. The fourth-order valence-electron chi connectivity index (χ4n) is 3.02. The fourth-order valence-corrected chi connectivity index (χ4v) is 3.02. The molecule has 1 heterocycles. The number of rotatable bonds is 7. The van der Waals surface area contributed by atoms with Crippen LogP contribution in [0.4, 0.5) is 10.1 Å². The van der Waals surface area contributed by atoms with Crippen molar-refractivity contribution in [1.82, 2.24) is 10.9 Å². The summed E-state index contributed by atoms with van der Waals surface area (Å²) >= 11 is 0. The summed E-state index contributed by atoms with van der Waals surface area (Å²) in [5.41, 5.74) is 5.17. The van der Waals surface area contributed by atoms with E-state index in [9.17, 15) is 18.8 Å². The largest absolute Gasteiger partial charge is 0.492 e. The number of carbonyl (C=O) groups excluding carboxylic acids is 3. The number of hydrazine groups is 1. The number of hydrogen-bond donors (Lipinski definition) is 2. The Morgan fingerprint density at radius 2 is 1.83 bits per heavy atom. The van der Waals surface area contributed by atoms with Crippen molar-refractivity contribution < 1.29 is 28.2 Å². The number of para-hydroxylation sites is 2. The number of anilines is 1. The van der Waals surface area contributed by atoms with Gasteiger partial charge in [-0.3, -0.25) is 25.2 Å². The van der Waals surface area contributed by atoms with Gasteiger partial charge in [-0.1, -0.05) is 12.1 Å². The zero-order valence-corrected chi connectivity index (χ0v) is 16.4. The number of halogens is 1. The van der Waals surface area contributed by atoms with Crippen molar-refractivity contribution >= 4 is 23.4 Å². The second-order valence-electron chi connectivity index (χ2n) is 6.59. The molecule has 8 nitrogen and oxygen atoms in total. The zero-order chi connectivity index (χ0) is 21.5. The Kier molecular flexibility index (Phi) is 6.84. The average Bonchev–Trinajstić information content (AvgIpc) is 3.14. The SMILES string of the molecule is CCOc1ccccc1N1C[C@H](C(=O)NNC(=O)COc2ccc(F)cc2)CC1=O. The van der Waals surface area contributed by atoms with Gasteiger partial charge in [0.05, 0.1) is 18.2 Å². The van der Waals surface area contributed by atoms with Gasteiger partial charge in [-0.2, -0.15) is 0 Å². The van der Waals surface area contributed by atoms with E-state index in [1.54, 1.807) is 18.2 Å². The molecule has 1 aliphatic heterocycles. The van der Waals surface area contributed by atoms with Crippen LogP contribution in [-0.4, -0.2) is 37.5 Å². The Balaban J connectivity index is 1.50. The fraction of sp³-hybridized carbons (Fsp3) is 0.286. The third-order valence-electron chi connectivity index (χ3n) is 4.46. The Hall–Kier alpha value is -3.62. The number of hydrogen-bond acceptors (Lipinski definition) is 5. The van der Waals surface area contributed by atoms with Gasteiger partial charge in [0, 0.05) is 13.0 Å². The highest BCUT2D eigenvalue weighted by Gasteiger charge is 2.36. The molecule has 3 amide bonds. The predicted molar refractivity (Wildman–Crippen MR) is 106 cm³/mol. The summed E-state index contributed by atoms with van der Waals surface area (Å²) in [5, 5.41) is 0. The van der Waals surface area contributed by atoms with Crippen molar-refractivity contribution in [1.29, 1.82) is 0 Å². The van der Waals surface area contributed by atoms with E-state index in [0.717, 1.165) is 0 Å².